The molecule has 2 rings (SSSR count). The van der Waals surface area contributed by atoms with Crippen LogP contribution in [0.2, 0.25) is 0 Å². The topological polar surface area (TPSA) is 87.2 Å². The van der Waals surface area contributed by atoms with Crippen molar-refractivity contribution in [3.8, 4) is 0 Å². The smallest absolute Gasteiger partial charge is 0.323 e. The SMILES string of the molecule is COCCN(CC(=O)O)C(=O)C1CCCN(C(=O)Cc2ccccc2)C1. The lowest BCUT2D eigenvalue weighted by molar-refractivity contribution is -0.148. The summed E-state index contributed by atoms with van der Waals surface area (Å²) in [5, 5.41) is 9.04. The van der Waals surface area contributed by atoms with Crippen molar-refractivity contribution in [3.63, 3.8) is 0 Å². The van der Waals surface area contributed by atoms with E-state index in [1.807, 2.05) is 30.3 Å². The lowest BCUT2D eigenvalue weighted by Crippen LogP contribution is -2.48. The molecule has 7 heteroatoms. The third-order valence-corrected chi connectivity index (χ3v) is 4.52. The molecule has 0 saturated carbocycles. The molecule has 26 heavy (non-hydrogen) atoms. The van der Waals surface area contributed by atoms with Gasteiger partial charge in [0.2, 0.25) is 11.8 Å². The van der Waals surface area contributed by atoms with E-state index in [-0.39, 0.29) is 37.4 Å². The zero-order valence-corrected chi connectivity index (χ0v) is 15.1. The molecule has 1 heterocycles. The Labute approximate surface area is 153 Å². The van der Waals surface area contributed by atoms with Crippen LogP contribution in [0.5, 0.6) is 0 Å². The Kier molecular flexibility index (Phi) is 7.59. The van der Waals surface area contributed by atoms with Crippen LogP contribution in [-0.2, 0) is 25.5 Å². The van der Waals surface area contributed by atoms with E-state index in [0.717, 1.165) is 12.0 Å². The molecule has 1 saturated heterocycles. The Hall–Kier alpha value is -2.41. The summed E-state index contributed by atoms with van der Waals surface area (Å²) in [4.78, 5) is 39.3. The molecule has 1 aromatic carbocycles. The van der Waals surface area contributed by atoms with E-state index < -0.39 is 5.97 Å². The second kappa shape index (κ2) is 9.91. The van der Waals surface area contributed by atoms with E-state index in [4.69, 9.17) is 9.84 Å². The number of methoxy groups -OCH3 is 1. The zero-order valence-electron chi connectivity index (χ0n) is 15.1. The molecule has 1 N–H and O–H groups in total. The minimum Gasteiger partial charge on any atom is -0.480 e. The fraction of sp³-hybridized carbons (Fsp3) is 0.526. The standard InChI is InChI=1S/C19H26N2O5/c1-26-11-10-21(14-18(23)24)19(25)16-8-5-9-20(13-16)17(22)12-15-6-3-2-4-7-15/h2-4,6-7,16H,5,8-14H2,1H3,(H,23,24). The predicted octanol–water partition coefficient (Wildman–Crippen LogP) is 1.03. The molecule has 142 valence electrons. The van der Waals surface area contributed by atoms with Crippen LogP contribution in [0.4, 0.5) is 0 Å². The highest BCUT2D eigenvalue weighted by atomic mass is 16.5. The minimum atomic E-state index is -1.05. The number of hydrogen-bond donors (Lipinski definition) is 1. The van der Waals surface area contributed by atoms with Gasteiger partial charge in [0, 0.05) is 26.7 Å². The summed E-state index contributed by atoms with van der Waals surface area (Å²) in [6, 6.07) is 9.50. The first-order chi connectivity index (χ1) is 12.5. The third kappa shape index (κ3) is 5.84. The maximum absolute atomic E-state index is 12.7. The number of aliphatic carboxylic acids is 1. The Bertz CT molecular complexity index is 620. The van der Waals surface area contributed by atoms with Crippen LogP contribution in [0, 0.1) is 5.92 Å². The van der Waals surface area contributed by atoms with Crippen molar-refractivity contribution in [1.29, 1.82) is 0 Å². The summed E-state index contributed by atoms with van der Waals surface area (Å²) in [6.07, 6.45) is 1.71. The van der Waals surface area contributed by atoms with Crippen LogP contribution >= 0.6 is 0 Å². The quantitative estimate of drug-likeness (QED) is 0.746. The summed E-state index contributed by atoms with van der Waals surface area (Å²) >= 11 is 0. The molecule has 2 amide bonds. The van der Waals surface area contributed by atoms with Crippen LogP contribution in [-0.4, -0.2) is 72.6 Å². The molecule has 1 fully saturated rings. The number of rotatable bonds is 8. The van der Waals surface area contributed by atoms with Gasteiger partial charge in [0.05, 0.1) is 18.9 Å². The lowest BCUT2D eigenvalue weighted by Gasteiger charge is -2.34. The van der Waals surface area contributed by atoms with Gasteiger partial charge in [-0.1, -0.05) is 30.3 Å². The highest BCUT2D eigenvalue weighted by Crippen LogP contribution is 2.20. The average Bonchev–Trinajstić information content (AvgIpc) is 2.65. The second-order valence-corrected chi connectivity index (χ2v) is 6.49. The van der Waals surface area contributed by atoms with Crippen molar-refractivity contribution >= 4 is 17.8 Å². The Balaban J connectivity index is 1.97. The fourth-order valence-corrected chi connectivity index (χ4v) is 3.18. The Morgan fingerprint density at radius 1 is 1.27 bits per heavy atom. The van der Waals surface area contributed by atoms with Crippen LogP contribution in [0.3, 0.4) is 0 Å². The number of nitrogens with zero attached hydrogens (tertiary/aromatic N) is 2. The first-order valence-electron chi connectivity index (χ1n) is 8.82. The number of carbonyl (C=O) groups is 3. The van der Waals surface area contributed by atoms with Gasteiger partial charge >= 0.3 is 5.97 Å². The number of hydrogen-bond acceptors (Lipinski definition) is 4. The number of likely N-dealkylation sites (tertiary alicyclic amines) is 1. The van der Waals surface area contributed by atoms with Gasteiger partial charge in [-0.3, -0.25) is 14.4 Å². The molecule has 1 aliphatic heterocycles. The largest absolute Gasteiger partial charge is 0.480 e. The maximum atomic E-state index is 12.7. The predicted molar refractivity (Wildman–Crippen MR) is 95.5 cm³/mol. The number of ether oxygens (including phenoxy) is 1. The van der Waals surface area contributed by atoms with Crippen LogP contribution in [0.25, 0.3) is 0 Å². The van der Waals surface area contributed by atoms with Crippen molar-refractivity contribution in [1.82, 2.24) is 9.80 Å². The summed E-state index contributed by atoms with van der Waals surface area (Å²) in [5.74, 6) is -1.64. The highest BCUT2D eigenvalue weighted by Gasteiger charge is 2.31. The molecule has 1 unspecified atom stereocenters. The molecule has 7 nitrogen and oxygen atoms in total. The van der Waals surface area contributed by atoms with E-state index >= 15 is 0 Å². The summed E-state index contributed by atoms with van der Waals surface area (Å²) in [7, 11) is 1.51. The Morgan fingerprint density at radius 3 is 2.65 bits per heavy atom. The van der Waals surface area contributed by atoms with Crippen LogP contribution in [0.15, 0.2) is 30.3 Å². The van der Waals surface area contributed by atoms with E-state index in [9.17, 15) is 14.4 Å². The molecule has 0 radical (unpaired) electrons. The molecule has 1 atom stereocenters. The number of carbonyl (C=O) groups excluding carboxylic acids is 2. The van der Waals surface area contributed by atoms with Crippen molar-refractivity contribution < 1.29 is 24.2 Å². The maximum Gasteiger partial charge on any atom is 0.323 e. The average molecular weight is 362 g/mol. The zero-order chi connectivity index (χ0) is 18.9. The summed E-state index contributed by atoms with van der Waals surface area (Å²) in [5.41, 5.74) is 0.943. The van der Waals surface area contributed by atoms with Gasteiger partial charge in [-0.25, -0.2) is 0 Å². The highest BCUT2D eigenvalue weighted by molar-refractivity contribution is 5.84. The van der Waals surface area contributed by atoms with Gasteiger partial charge in [0.25, 0.3) is 0 Å². The van der Waals surface area contributed by atoms with Crippen molar-refractivity contribution in [2.45, 2.75) is 19.3 Å². The van der Waals surface area contributed by atoms with E-state index in [1.54, 1.807) is 4.90 Å². The third-order valence-electron chi connectivity index (χ3n) is 4.52. The van der Waals surface area contributed by atoms with Crippen molar-refractivity contribution in [3.05, 3.63) is 35.9 Å². The van der Waals surface area contributed by atoms with Gasteiger partial charge < -0.3 is 19.6 Å². The Morgan fingerprint density at radius 2 is 2.00 bits per heavy atom. The second-order valence-electron chi connectivity index (χ2n) is 6.49. The molecule has 0 bridgehead atoms. The molecular formula is C19H26N2O5. The van der Waals surface area contributed by atoms with Crippen LogP contribution in [0.1, 0.15) is 18.4 Å². The number of carboxylic acid groups (broad SMARTS) is 1. The van der Waals surface area contributed by atoms with E-state index in [0.29, 0.717) is 25.9 Å². The van der Waals surface area contributed by atoms with Gasteiger partial charge in [-0.15, -0.1) is 0 Å². The van der Waals surface area contributed by atoms with E-state index in [1.165, 1.54) is 12.0 Å². The monoisotopic (exact) mass is 362 g/mol. The molecule has 0 aromatic heterocycles. The van der Waals surface area contributed by atoms with Gasteiger partial charge in [-0.2, -0.15) is 0 Å². The minimum absolute atomic E-state index is 0.00428. The molecule has 0 aliphatic carbocycles. The van der Waals surface area contributed by atoms with Crippen LogP contribution < -0.4 is 0 Å². The first kappa shape index (κ1) is 19.9. The van der Waals surface area contributed by atoms with Crippen molar-refractivity contribution in [2.75, 3.05) is 39.9 Å². The van der Waals surface area contributed by atoms with Crippen molar-refractivity contribution in [2.24, 2.45) is 5.92 Å². The van der Waals surface area contributed by atoms with E-state index in [2.05, 4.69) is 0 Å². The number of carboxylic acids is 1. The molecule has 1 aliphatic rings. The molecule has 0 spiro atoms. The number of amides is 2. The lowest BCUT2D eigenvalue weighted by atomic mass is 9.95. The molecular weight excluding hydrogens is 336 g/mol. The van der Waals surface area contributed by atoms with Gasteiger partial charge in [0.1, 0.15) is 6.54 Å². The summed E-state index contributed by atoms with van der Waals surface area (Å²) < 4.78 is 4.97. The van der Waals surface area contributed by atoms with Gasteiger partial charge in [0.15, 0.2) is 0 Å². The summed E-state index contributed by atoms with van der Waals surface area (Å²) in [6.45, 7) is 1.13. The normalized spacial score (nSPS) is 17.0. The first-order valence-corrected chi connectivity index (χ1v) is 8.82. The number of benzene rings is 1. The number of piperidine rings is 1. The molecule has 1 aromatic rings. The fourth-order valence-electron chi connectivity index (χ4n) is 3.18. The van der Waals surface area contributed by atoms with Gasteiger partial charge in [-0.05, 0) is 18.4 Å².